The van der Waals surface area contributed by atoms with E-state index in [1.165, 1.54) is 24.8 Å². The lowest BCUT2D eigenvalue weighted by atomic mass is 10.1. The van der Waals surface area contributed by atoms with Crippen molar-refractivity contribution in [3.8, 4) is 0 Å². The lowest BCUT2D eigenvalue weighted by molar-refractivity contribution is 0.314. The number of hydrogen-bond donors (Lipinski definition) is 1. The molecule has 0 saturated carbocycles. The molecule has 7 nitrogen and oxygen atoms in total. The topological polar surface area (TPSA) is 80.0 Å². The first-order valence-electron chi connectivity index (χ1n) is 7.88. The molecule has 2 aromatic heterocycles. The van der Waals surface area contributed by atoms with Crippen LogP contribution >= 0.6 is 0 Å². The summed E-state index contributed by atoms with van der Waals surface area (Å²) in [4.78, 5) is 11.4. The van der Waals surface area contributed by atoms with Gasteiger partial charge in [0.1, 0.15) is 0 Å². The molecular weight excluding hydrogens is 292 g/mol. The van der Waals surface area contributed by atoms with E-state index >= 15 is 0 Å². The van der Waals surface area contributed by atoms with Gasteiger partial charge in [-0.25, -0.2) is 14.6 Å². The summed E-state index contributed by atoms with van der Waals surface area (Å²) >= 11 is 0. The monoisotopic (exact) mass is 310 g/mol. The normalized spacial score (nSPS) is 15.1. The van der Waals surface area contributed by atoms with Crippen LogP contribution in [0.3, 0.4) is 0 Å². The van der Waals surface area contributed by atoms with Crippen LogP contribution < -0.4 is 10.2 Å². The van der Waals surface area contributed by atoms with Gasteiger partial charge in [-0.15, -0.1) is 0 Å². The van der Waals surface area contributed by atoms with Crippen LogP contribution in [0.15, 0.2) is 28.9 Å². The third-order valence-electron chi connectivity index (χ3n) is 4.07. The predicted octanol–water partition coefficient (Wildman–Crippen LogP) is 3.06. The highest BCUT2D eigenvalue weighted by atomic mass is 16.6. The van der Waals surface area contributed by atoms with Crippen molar-refractivity contribution in [2.75, 3.05) is 23.3 Å². The van der Waals surface area contributed by atoms with Gasteiger partial charge in [-0.05, 0) is 48.6 Å². The number of aromatic nitrogens is 4. The Balaban J connectivity index is 1.74. The third-order valence-corrected chi connectivity index (χ3v) is 4.07. The molecule has 118 valence electrons. The molecule has 0 atom stereocenters. The van der Waals surface area contributed by atoms with Gasteiger partial charge >= 0.3 is 0 Å². The molecule has 0 amide bonds. The molecule has 1 N–H and O–H groups in total. The molecule has 0 spiro atoms. The van der Waals surface area contributed by atoms with E-state index in [2.05, 4.69) is 49.6 Å². The van der Waals surface area contributed by atoms with E-state index in [4.69, 9.17) is 4.63 Å². The number of aryl methyl sites for hydroxylation is 1. The first-order chi connectivity index (χ1) is 11.3. The molecule has 23 heavy (non-hydrogen) atoms. The summed E-state index contributed by atoms with van der Waals surface area (Å²) in [6, 6.07) is 8.18. The molecule has 3 heterocycles. The fraction of sp³-hybridized carbons (Fsp3) is 0.375. The van der Waals surface area contributed by atoms with Gasteiger partial charge in [-0.3, -0.25) is 0 Å². The van der Waals surface area contributed by atoms with E-state index in [0.717, 1.165) is 24.6 Å². The molecule has 0 unspecified atom stereocenters. The van der Waals surface area contributed by atoms with Crippen molar-refractivity contribution < 1.29 is 4.63 Å². The molecule has 0 bridgehead atoms. The minimum atomic E-state index is 0.417. The van der Waals surface area contributed by atoms with Gasteiger partial charge in [0.25, 0.3) is 0 Å². The summed E-state index contributed by atoms with van der Waals surface area (Å²) in [6.45, 7) is 4.03. The molecule has 4 rings (SSSR count). The average Bonchev–Trinajstić information content (AvgIpc) is 3.04. The van der Waals surface area contributed by atoms with Gasteiger partial charge in [0.05, 0.1) is 0 Å². The third kappa shape index (κ3) is 2.81. The van der Waals surface area contributed by atoms with Gasteiger partial charge < -0.3 is 10.2 Å². The molecule has 1 saturated heterocycles. The Morgan fingerprint density at radius 3 is 2.39 bits per heavy atom. The summed E-state index contributed by atoms with van der Waals surface area (Å²) in [7, 11) is 0. The van der Waals surface area contributed by atoms with Gasteiger partial charge in [0.2, 0.25) is 11.3 Å². The van der Waals surface area contributed by atoms with Crippen LogP contribution in [0.25, 0.3) is 11.3 Å². The molecule has 1 aliphatic rings. The first-order valence-corrected chi connectivity index (χ1v) is 7.88. The Labute approximate surface area is 133 Å². The van der Waals surface area contributed by atoms with Crippen LogP contribution in [0.5, 0.6) is 0 Å². The molecule has 0 radical (unpaired) electrons. The molecule has 1 aliphatic heterocycles. The Bertz CT molecular complexity index is 807. The van der Waals surface area contributed by atoms with Gasteiger partial charge in [0.15, 0.2) is 11.6 Å². The number of anilines is 3. The lowest BCUT2D eigenvalue weighted by Crippen LogP contribution is -2.31. The second-order valence-electron chi connectivity index (χ2n) is 5.85. The van der Waals surface area contributed by atoms with Crippen LogP contribution in [-0.4, -0.2) is 33.4 Å². The highest BCUT2D eigenvalue weighted by molar-refractivity contribution is 5.77. The minimum Gasteiger partial charge on any atom is -0.353 e. The number of rotatable bonds is 3. The second kappa shape index (κ2) is 5.83. The van der Waals surface area contributed by atoms with Crippen LogP contribution in [-0.2, 0) is 0 Å². The average molecular weight is 310 g/mol. The van der Waals surface area contributed by atoms with Gasteiger partial charge in [-0.2, -0.15) is 0 Å². The molecule has 1 aromatic carbocycles. The molecular formula is C16H18N6O. The fourth-order valence-electron chi connectivity index (χ4n) is 2.81. The fourth-order valence-corrected chi connectivity index (χ4v) is 2.81. The molecule has 1 fully saturated rings. The highest BCUT2D eigenvalue weighted by Crippen LogP contribution is 2.29. The van der Waals surface area contributed by atoms with Crippen molar-refractivity contribution in [3.05, 3.63) is 29.8 Å². The highest BCUT2D eigenvalue weighted by Gasteiger charge is 2.20. The van der Waals surface area contributed by atoms with E-state index in [1.54, 1.807) is 0 Å². The largest absolute Gasteiger partial charge is 0.353 e. The maximum absolute atomic E-state index is 4.76. The van der Waals surface area contributed by atoms with E-state index in [0.29, 0.717) is 17.1 Å². The number of fused-ring (bicyclic) bond motifs is 1. The maximum Gasteiger partial charge on any atom is 0.245 e. The Kier molecular flexibility index (Phi) is 3.53. The van der Waals surface area contributed by atoms with Crippen molar-refractivity contribution in [1.82, 2.24) is 20.3 Å². The predicted molar refractivity (Wildman–Crippen MR) is 87.9 cm³/mol. The van der Waals surface area contributed by atoms with Crippen molar-refractivity contribution in [2.24, 2.45) is 0 Å². The molecule has 3 aromatic rings. The standard InChI is InChI=1S/C16H18N6O/c1-11-5-7-12(8-6-11)17-15-16(22-9-3-2-4-10-22)19-14-13(18-15)20-23-21-14/h5-8H,2-4,9-10H2,1H3,(H,17,18,20). The van der Waals surface area contributed by atoms with Crippen LogP contribution in [0.4, 0.5) is 17.3 Å². The number of nitrogens with zero attached hydrogens (tertiary/aromatic N) is 5. The second-order valence-corrected chi connectivity index (χ2v) is 5.85. The Hall–Kier alpha value is -2.70. The zero-order valence-corrected chi connectivity index (χ0v) is 13.0. The SMILES string of the molecule is Cc1ccc(Nc2nc3nonc3nc2N2CCCCC2)cc1. The summed E-state index contributed by atoms with van der Waals surface area (Å²) in [6.07, 6.45) is 3.60. The quantitative estimate of drug-likeness (QED) is 0.796. The van der Waals surface area contributed by atoms with Crippen molar-refractivity contribution >= 4 is 28.6 Å². The van der Waals surface area contributed by atoms with Crippen LogP contribution in [0.2, 0.25) is 0 Å². The first kappa shape index (κ1) is 13.9. The van der Waals surface area contributed by atoms with E-state index < -0.39 is 0 Å². The van der Waals surface area contributed by atoms with Gasteiger partial charge in [0, 0.05) is 18.8 Å². The van der Waals surface area contributed by atoms with Gasteiger partial charge in [-0.1, -0.05) is 17.7 Å². The van der Waals surface area contributed by atoms with E-state index in [1.807, 2.05) is 12.1 Å². The maximum atomic E-state index is 4.76. The Morgan fingerprint density at radius 1 is 0.957 bits per heavy atom. The van der Waals surface area contributed by atoms with E-state index in [-0.39, 0.29) is 0 Å². The summed E-state index contributed by atoms with van der Waals surface area (Å²) < 4.78 is 4.76. The Morgan fingerprint density at radius 2 is 1.65 bits per heavy atom. The lowest BCUT2D eigenvalue weighted by Gasteiger charge is -2.28. The number of nitrogens with one attached hydrogen (secondary N) is 1. The summed E-state index contributed by atoms with van der Waals surface area (Å²) in [5.41, 5.74) is 3.05. The number of benzene rings is 1. The number of hydrogen-bond acceptors (Lipinski definition) is 7. The number of piperidine rings is 1. The zero-order chi connectivity index (χ0) is 15.6. The summed E-state index contributed by atoms with van der Waals surface area (Å²) in [5, 5.41) is 11.0. The van der Waals surface area contributed by atoms with Crippen LogP contribution in [0, 0.1) is 6.92 Å². The van der Waals surface area contributed by atoms with Crippen molar-refractivity contribution in [3.63, 3.8) is 0 Å². The van der Waals surface area contributed by atoms with Crippen LogP contribution in [0.1, 0.15) is 24.8 Å². The van der Waals surface area contributed by atoms with E-state index in [9.17, 15) is 0 Å². The molecule has 7 heteroatoms. The van der Waals surface area contributed by atoms with Crippen molar-refractivity contribution in [2.45, 2.75) is 26.2 Å². The zero-order valence-electron chi connectivity index (χ0n) is 13.0. The van der Waals surface area contributed by atoms with Crippen molar-refractivity contribution in [1.29, 1.82) is 0 Å². The minimum absolute atomic E-state index is 0.417. The molecule has 0 aliphatic carbocycles. The smallest absolute Gasteiger partial charge is 0.245 e. The summed E-state index contributed by atoms with van der Waals surface area (Å²) in [5.74, 6) is 1.51.